The van der Waals surface area contributed by atoms with E-state index in [2.05, 4.69) is 10.5 Å². The second-order valence-electron chi connectivity index (χ2n) is 6.75. The zero-order chi connectivity index (χ0) is 21.0. The Kier molecular flexibility index (Phi) is 6.39. The Balaban J connectivity index is 1.67. The Labute approximate surface area is 174 Å². The van der Waals surface area contributed by atoms with Crippen molar-refractivity contribution in [3.63, 3.8) is 0 Å². The minimum atomic E-state index is -3.65. The number of nitrogens with one attached hydrogen (secondary N) is 1. The smallest absolute Gasteiger partial charge is 0.221 e. The molecule has 0 saturated carbocycles. The van der Waals surface area contributed by atoms with E-state index in [1.807, 2.05) is 6.07 Å². The van der Waals surface area contributed by atoms with Gasteiger partial charge >= 0.3 is 0 Å². The molecule has 0 bridgehead atoms. The van der Waals surface area contributed by atoms with Crippen LogP contribution in [-0.2, 0) is 21.2 Å². The molecular weight excluding hydrogens is 412 g/mol. The van der Waals surface area contributed by atoms with E-state index in [-0.39, 0.29) is 29.5 Å². The van der Waals surface area contributed by atoms with Crippen LogP contribution in [0.25, 0.3) is 11.3 Å². The van der Waals surface area contributed by atoms with E-state index in [1.54, 1.807) is 56.3 Å². The molecule has 2 aromatic carbocycles. The monoisotopic (exact) mass is 432 g/mol. The summed E-state index contributed by atoms with van der Waals surface area (Å²) in [5.41, 5.74) is 2.72. The lowest BCUT2D eigenvalue weighted by atomic mass is 10.1. The fourth-order valence-electron chi connectivity index (χ4n) is 2.85. The van der Waals surface area contributed by atoms with Crippen molar-refractivity contribution in [2.75, 3.05) is 5.75 Å². The van der Waals surface area contributed by atoms with Crippen molar-refractivity contribution in [2.45, 2.75) is 31.7 Å². The predicted molar refractivity (Wildman–Crippen MR) is 111 cm³/mol. The summed E-state index contributed by atoms with van der Waals surface area (Å²) in [6.45, 7) is 3.76. The normalized spacial score (nSPS) is 11.4. The highest BCUT2D eigenvalue weighted by Crippen LogP contribution is 2.26. The summed E-state index contributed by atoms with van der Waals surface area (Å²) in [5.74, 6) is -0.147. The summed E-state index contributed by atoms with van der Waals surface area (Å²) in [6, 6.07) is 14.0. The lowest BCUT2D eigenvalue weighted by Crippen LogP contribution is -2.25. The number of amides is 1. The van der Waals surface area contributed by atoms with Crippen LogP contribution in [0.5, 0.6) is 0 Å². The van der Waals surface area contributed by atoms with E-state index >= 15 is 0 Å². The number of hydrogen-bond acceptors (Lipinski definition) is 5. The first-order valence-corrected chi connectivity index (χ1v) is 11.1. The number of aromatic nitrogens is 1. The van der Waals surface area contributed by atoms with Crippen LogP contribution in [0.1, 0.15) is 23.2 Å². The van der Waals surface area contributed by atoms with Crippen molar-refractivity contribution in [3.8, 4) is 11.3 Å². The van der Waals surface area contributed by atoms with Gasteiger partial charge in [0.2, 0.25) is 5.91 Å². The Morgan fingerprint density at radius 3 is 2.59 bits per heavy atom. The van der Waals surface area contributed by atoms with Crippen LogP contribution < -0.4 is 5.32 Å². The Morgan fingerprint density at radius 2 is 1.90 bits per heavy atom. The molecule has 1 amide bonds. The highest BCUT2D eigenvalue weighted by Gasteiger charge is 2.20. The molecule has 1 N–H and O–H groups in total. The molecule has 8 heteroatoms. The summed E-state index contributed by atoms with van der Waals surface area (Å²) in [7, 11) is -3.65. The second-order valence-corrected chi connectivity index (χ2v) is 9.23. The number of aryl methyl sites for hydroxylation is 2. The van der Waals surface area contributed by atoms with Gasteiger partial charge in [-0.3, -0.25) is 4.79 Å². The third-order valence-corrected chi connectivity index (χ3v) is 6.69. The largest absolute Gasteiger partial charge is 0.356 e. The number of carbonyl (C=O) groups is 1. The maximum Gasteiger partial charge on any atom is 0.221 e. The molecule has 0 unspecified atom stereocenters. The Morgan fingerprint density at radius 1 is 1.14 bits per heavy atom. The van der Waals surface area contributed by atoms with Gasteiger partial charge in [0.05, 0.1) is 16.3 Å². The maximum atomic E-state index is 12.8. The van der Waals surface area contributed by atoms with Crippen molar-refractivity contribution in [1.82, 2.24) is 10.5 Å². The van der Waals surface area contributed by atoms with Crippen LogP contribution in [0.15, 0.2) is 57.9 Å². The first-order chi connectivity index (χ1) is 13.8. The van der Waals surface area contributed by atoms with Gasteiger partial charge in [-0.2, -0.15) is 0 Å². The first-order valence-electron chi connectivity index (χ1n) is 9.03. The van der Waals surface area contributed by atoms with Gasteiger partial charge in [-0.25, -0.2) is 8.42 Å². The fourth-order valence-corrected chi connectivity index (χ4v) is 4.59. The molecule has 152 valence electrons. The average molecular weight is 433 g/mol. The number of rotatable bonds is 7. The Bertz CT molecular complexity index is 1140. The summed E-state index contributed by atoms with van der Waals surface area (Å²) in [4.78, 5) is 12.3. The highest BCUT2D eigenvalue weighted by atomic mass is 35.5. The van der Waals surface area contributed by atoms with Gasteiger partial charge in [0.1, 0.15) is 0 Å². The predicted octanol–water partition coefficient (Wildman–Crippen LogP) is 4.09. The average Bonchev–Trinajstić information content (AvgIpc) is 3.12. The van der Waals surface area contributed by atoms with E-state index in [0.717, 1.165) is 5.56 Å². The van der Waals surface area contributed by atoms with Gasteiger partial charge < -0.3 is 9.84 Å². The zero-order valence-corrected chi connectivity index (χ0v) is 17.7. The molecule has 29 heavy (non-hydrogen) atoms. The second kappa shape index (κ2) is 8.80. The maximum absolute atomic E-state index is 12.8. The van der Waals surface area contributed by atoms with Crippen LogP contribution in [0.3, 0.4) is 0 Å². The van der Waals surface area contributed by atoms with Gasteiger partial charge in [0, 0.05) is 29.6 Å². The SMILES string of the molecule is Cc1cc(-c2ccc(C)c(S(=O)(=O)CCC(=O)NCc3ccccc3Cl)c2)on1. The molecule has 0 atom stereocenters. The molecule has 0 aliphatic heterocycles. The first kappa shape index (κ1) is 21.1. The van der Waals surface area contributed by atoms with E-state index < -0.39 is 9.84 Å². The molecule has 1 heterocycles. The molecule has 0 saturated heterocycles. The topological polar surface area (TPSA) is 89.3 Å². The molecule has 0 spiro atoms. The third kappa shape index (κ3) is 5.25. The molecule has 3 rings (SSSR count). The molecule has 0 fully saturated rings. The molecule has 0 aliphatic rings. The van der Waals surface area contributed by atoms with Gasteiger partial charge in [-0.1, -0.05) is 47.1 Å². The molecule has 6 nitrogen and oxygen atoms in total. The summed E-state index contributed by atoms with van der Waals surface area (Å²) < 4.78 is 30.9. The van der Waals surface area contributed by atoms with E-state index in [9.17, 15) is 13.2 Å². The third-order valence-electron chi connectivity index (χ3n) is 4.47. The van der Waals surface area contributed by atoms with Gasteiger partial charge in [-0.15, -0.1) is 0 Å². The summed E-state index contributed by atoms with van der Waals surface area (Å²) in [6.07, 6.45) is -0.141. The van der Waals surface area contributed by atoms with Gasteiger partial charge in [0.25, 0.3) is 0 Å². The quantitative estimate of drug-likeness (QED) is 0.607. The summed E-state index contributed by atoms with van der Waals surface area (Å²) >= 11 is 6.06. The van der Waals surface area contributed by atoms with Crippen LogP contribution in [0.2, 0.25) is 5.02 Å². The van der Waals surface area contributed by atoms with E-state index in [1.165, 1.54) is 0 Å². The zero-order valence-electron chi connectivity index (χ0n) is 16.1. The number of hydrogen-bond donors (Lipinski definition) is 1. The van der Waals surface area contributed by atoms with E-state index in [0.29, 0.717) is 27.6 Å². The number of halogens is 1. The van der Waals surface area contributed by atoms with Gasteiger partial charge in [0.15, 0.2) is 15.6 Å². The van der Waals surface area contributed by atoms with E-state index in [4.69, 9.17) is 16.1 Å². The molecule has 0 aliphatic carbocycles. The van der Waals surface area contributed by atoms with Crippen molar-refractivity contribution in [1.29, 1.82) is 0 Å². The number of nitrogens with zero attached hydrogens (tertiary/aromatic N) is 1. The van der Waals surface area contributed by atoms with Crippen molar-refractivity contribution < 1.29 is 17.7 Å². The van der Waals surface area contributed by atoms with Crippen LogP contribution in [0.4, 0.5) is 0 Å². The number of sulfone groups is 1. The molecular formula is C21H21ClN2O4S. The van der Waals surface area contributed by atoms with Crippen LogP contribution in [-0.4, -0.2) is 25.2 Å². The van der Waals surface area contributed by atoms with Crippen LogP contribution >= 0.6 is 11.6 Å². The molecule has 1 aromatic heterocycles. The fraction of sp³-hybridized carbons (Fsp3) is 0.238. The van der Waals surface area contributed by atoms with Gasteiger partial charge in [-0.05, 0) is 37.1 Å². The van der Waals surface area contributed by atoms with Crippen LogP contribution in [0, 0.1) is 13.8 Å². The standard InChI is InChI=1S/C21H21ClN2O4S/c1-14-7-8-16(19-11-15(2)24-28-19)12-20(14)29(26,27)10-9-21(25)23-13-17-5-3-4-6-18(17)22/h3-8,11-12H,9-10,13H2,1-2H3,(H,23,25). The lowest BCUT2D eigenvalue weighted by Gasteiger charge is -2.10. The van der Waals surface area contributed by atoms with Crippen molar-refractivity contribution >= 4 is 27.3 Å². The number of benzene rings is 2. The highest BCUT2D eigenvalue weighted by molar-refractivity contribution is 7.91. The minimum absolute atomic E-state index is 0.141. The number of carbonyl (C=O) groups excluding carboxylic acids is 1. The van der Waals surface area contributed by atoms with Crippen molar-refractivity contribution in [3.05, 3.63) is 70.4 Å². The minimum Gasteiger partial charge on any atom is -0.356 e. The van der Waals surface area contributed by atoms with Crippen molar-refractivity contribution in [2.24, 2.45) is 0 Å². The Hall–Kier alpha value is -2.64. The molecule has 0 radical (unpaired) electrons. The molecule has 3 aromatic rings. The summed E-state index contributed by atoms with van der Waals surface area (Å²) in [5, 5.41) is 7.09. The lowest BCUT2D eigenvalue weighted by molar-refractivity contribution is -0.120.